The van der Waals surface area contributed by atoms with Gasteiger partial charge >= 0.3 is 0 Å². The van der Waals surface area contributed by atoms with Crippen molar-refractivity contribution in [2.45, 2.75) is 13.3 Å². The number of halogens is 1. The van der Waals surface area contributed by atoms with Crippen molar-refractivity contribution in [3.8, 4) is 0 Å². The fourth-order valence-corrected chi connectivity index (χ4v) is 2.05. The highest BCUT2D eigenvalue weighted by atomic mass is 79.9. The van der Waals surface area contributed by atoms with Crippen LogP contribution < -0.4 is 5.32 Å². The molecule has 0 amide bonds. The smallest absolute Gasteiger partial charge is 0.187 e. The van der Waals surface area contributed by atoms with Gasteiger partial charge in [-0.05, 0) is 30.7 Å². The van der Waals surface area contributed by atoms with Crippen LogP contribution >= 0.6 is 15.9 Å². The second-order valence-electron chi connectivity index (χ2n) is 4.39. The SMILES string of the molecule is CC/C(=C/C(=O)c1ccccc1)Nc1ccc(Br)cc1. The van der Waals surface area contributed by atoms with Gasteiger partial charge in [-0.2, -0.15) is 0 Å². The molecule has 0 aliphatic carbocycles. The molecule has 0 bridgehead atoms. The lowest BCUT2D eigenvalue weighted by Crippen LogP contribution is -2.03. The minimum absolute atomic E-state index is 0.0204. The Hall–Kier alpha value is -1.87. The zero-order valence-electron chi connectivity index (χ0n) is 11.3. The first-order valence-electron chi connectivity index (χ1n) is 6.51. The Morgan fingerprint density at radius 3 is 2.35 bits per heavy atom. The summed E-state index contributed by atoms with van der Waals surface area (Å²) in [6.07, 6.45) is 2.44. The average molecular weight is 330 g/mol. The molecule has 3 heteroatoms. The third kappa shape index (κ3) is 4.07. The van der Waals surface area contributed by atoms with Gasteiger partial charge in [0.1, 0.15) is 0 Å². The number of hydrogen-bond acceptors (Lipinski definition) is 2. The lowest BCUT2D eigenvalue weighted by Gasteiger charge is -2.09. The Balaban J connectivity index is 2.13. The van der Waals surface area contributed by atoms with Crippen molar-refractivity contribution in [2.24, 2.45) is 0 Å². The number of rotatable bonds is 5. The number of allylic oxidation sites excluding steroid dienone is 2. The van der Waals surface area contributed by atoms with E-state index in [0.717, 1.165) is 22.3 Å². The van der Waals surface area contributed by atoms with Crippen LogP contribution in [-0.2, 0) is 0 Å². The predicted octanol–water partition coefficient (Wildman–Crippen LogP) is 5.04. The quantitative estimate of drug-likeness (QED) is 0.615. The molecule has 0 spiro atoms. The molecule has 0 aliphatic rings. The summed E-state index contributed by atoms with van der Waals surface area (Å²) in [5.41, 5.74) is 2.58. The molecule has 1 N–H and O–H groups in total. The van der Waals surface area contributed by atoms with E-state index in [-0.39, 0.29) is 5.78 Å². The minimum Gasteiger partial charge on any atom is -0.359 e. The molecule has 0 saturated carbocycles. The summed E-state index contributed by atoms with van der Waals surface area (Å²) in [5, 5.41) is 3.28. The summed E-state index contributed by atoms with van der Waals surface area (Å²) < 4.78 is 1.03. The van der Waals surface area contributed by atoms with E-state index in [4.69, 9.17) is 0 Å². The lowest BCUT2D eigenvalue weighted by atomic mass is 10.1. The van der Waals surface area contributed by atoms with E-state index in [2.05, 4.69) is 21.2 Å². The van der Waals surface area contributed by atoms with Crippen molar-refractivity contribution < 1.29 is 4.79 Å². The molecule has 2 nitrogen and oxygen atoms in total. The van der Waals surface area contributed by atoms with E-state index in [0.29, 0.717) is 5.56 Å². The van der Waals surface area contributed by atoms with Gasteiger partial charge in [0.15, 0.2) is 5.78 Å². The first kappa shape index (κ1) is 14.5. The van der Waals surface area contributed by atoms with Gasteiger partial charge in [-0.3, -0.25) is 4.79 Å². The summed E-state index contributed by atoms with van der Waals surface area (Å²) in [5.74, 6) is 0.0204. The standard InChI is InChI=1S/C17H16BrNO/c1-2-15(19-16-10-8-14(18)9-11-16)12-17(20)13-6-4-3-5-7-13/h3-12,19H,2H2,1H3/b15-12-. The highest BCUT2D eigenvalue weighted by Crippen LogP contribution is 2.17. The second kappa shape index (κ2) is 7.06. The lowest BCUT2D eigenvalue weighted by molar-refractivity contribution is 0.104. The van der Waals surface area contributed by atoms with Crippen molar-refractivity contribution >= 4 is 27.4 Å². The van der Waals surface area contributed by atoms with Crippen LogP contribution in [0.15, 0.2) is 70.8 Å². The van der Waals surface area contributed by atoms with Crippen LogP contribution in [-0.4, -0.2) is 5.78 Å². The highest BCUT2D eigenvalue weighted by Gasteiger charge is 2.04. The van der Waals surface area contributed by atoms with Crippen LogP contribution in [0.25, 0.3) is 0 Å². The summed E-state index contributed by atoms with van der Waals surface area (Å²) in [4.78, 5) is 12.1. The van der Waals surface area contributed by atoms with Crippen LogP contribution in [0.1, 0.15) is 23.7 Å². The molecule has 20 heavy (non-hydrogen) atoms. The number of carbonyl (C=O) groups is 1. The van der Waals surface area contributed by atoms with Crippen LogP contribution in [0.2, 0.25) is 0 Å². The minimum atomic E-state index is 0.0204. The molecule has 0 heterocycles. The van der Waals surface area contributed by atoms with Gasteiger partial charge in [-0.15, -0.1) is 0 Å². The molecule has 0 atom stereocenters. The van der Waals surface area contributed by atoms with E-state index >= 15 is 0 Å². The Bertz CT molecular complexity index is 603. The van der Waals surface area contributed by atoms with E-state index in [9.17, 15) is 4.79 Å². The van der Waals surface area contributed by atoms with Gasteiger partial charge in [0.2, 0.25) is 0 Å². The second-order valence-corrected chi connectivity index (χ2v) is 5.30. The number of nitrogens with one attached hydrogen (secondary N) is 1. The van der Waals surface area contributed by atoms with Crippen molar-refractivity contribution in [1.82, 2.24) is 0 Å². The average Bonchev–Trinajstić information content (AvgIpc) is 2.49. The molecule has 0 fully saturated rings. The first-order chi connectivity index (χ1) is 9.69. The third-order valence-corrected chi connectivity index (χ3v) is 3.42. The molecule has 0 radical (unpaired) electrons. The fourth-order valence-electron chi connectivity index (χ4n) is 1.79. The Kier molecular flexibility index (Phi) is 5.13. The molecule has 2 rings (SSSR count). The van der Waals surface area contributed by atoms with E-state index < -0.39 is 0 Å². The predicted molar refractivity (Wildman–Crippen MR) is 86.9 cm³/mol. The largest absolute Gasteiger partial charge is 0.359 e. The maximum Gasteiger partial charge on any atom is 0.187 e. The zero-order valence-corrected chi connectivity index (χ0v) is 12.9. The van der Waals surface area contributed by atoms with Gasteiger partial charge in [0.25, 0.3) is 0 Å². The summed E-state index contributed by atoms with van der Waals surface area (Å²) in [6.45, 7) is 2.02. The topological polar surface area (TPSA) is 29.1 Å². The van der Waals surface area contributed by atoms with Gasteiger partial charge in [-0.25, -0.2) is 0 Å². The van der Waals surface area contributed by atoms with Crippen LogP contribution in [0.3, 0.4) is 0 Å². The number of carbonyl (C=O) groups excluding carboxylic acids is 1. The summed E-state index contributed by atoms with van der Waals surface area (Å²) in [6, 6.07) is 17.2. The first-order valence-corrected chi connectivity index (χ1v) is 7.31. The summed E-state index contributed by atoms with van der Waals surface area (Å²) in [7, 11) is 0. The Labute approximate surface area is 127 Å². The maximum atomic E-state index is 12.1. The molecular weight excluding hydrogens is 314 g/mol. The normalized spacial score (nSPS) is 11.2. The van der Waals surface area contributed by atoms with Gasteiger partial charge in [0, 0.05) is 27.5 Å². The molecule has 102 valence electrons. The number of benzene rings is 2. The highest BCUT2D eigenvalue weighted by molar-refractivity contribution is 9.10. The molecule has 0 unspecified atom stereocenters. The van der Waals surface area contributed by atoms with E-state index in [1.165, 1.54) is 0 Å². The van der Waals surface area contributed by atoms with Crippen molar-refractivity contribution in [2.75, 3.05) is 5.32 Å². The van der Waals surface area contributed by atoms with Crippen molar-refractivity contribution in [3.05, 3.63) is 76.4 Å². The fraction of sp³-hybridized carbons (Fsp3) is 0.118. The van der Waals surface area contributed by atoms with Gasteiger partial charge in [0.05, 0.1) is 0 Å². The molecule has 0 saturated heterocycles. The van der Waals surface area contributed by atoms with Crippen LogP contribution in [0.4, 0.5) is 5.69 Å². The monoisotopic (exact) mass is 329 g/mol. The van der Waals surface area contributed by atoms with Crippen LogP contribution in [0, 0.1) is 0 Å². The molecule has 2 aromatic rings. The number of ketones is 1. The van der Waals surface area contributed by atoms with Gasteiger partial charge < -0.3 is 5.32 Å². The third-order valence-electron chi connectivity index (χ3n) is 2.89. The summed E-state index contributed by atoms with van der Waals surface area (Å²) >= 11 is 3.40. The van der Waals surface area contributed by atoms with Crippen LogP contribution in [0.5, 0.6) is 0 Å². The number of anilines is 1. The molecule has 0 aromatic heterocycles. The number of hydrogen-bond donors (Lipinski definition) is 1. The van der Waals surface area contributed by atoms with Crippen molar-refractivity contribution in [3.63, 3.8) is 0 Å². The molecular formula is C17H16BrNO. The van der Waals surface area contributed by atoms with Gasteiger partial charge in [-0.1, -0.05) is 53.2 Å². The van der Waals surface area contributed by atoms with Crippen molar-refractivity contribution in [1.29, 1.82) is 0 Å². The molecule has 0 aliphatic heterocycles. The van der Waals surface area contributed by atoms with E-state index in [1.807, 2.05) is 61.5 Å². The Morgan fingerprint density at radius 1 is 1.10 bits per heavy atom. The van der Waals surface area contributed by atoms with E-state index in [1.54, 1.807) is 6.08 Å². The zero-order chi connectivity index (χ0) is 14.4. The maximum absolute atomic E-state index is 12.1. The molecule has 2 aromatic carbocycles. The Morgan fingerprint density at radius 2 is 1.75 bits per heavy atom.